The van der Waals surface area contributed by atoms with Crippen molar-refractivity contribution in [3.63, 3.8) is 0 Å². The number of allylic oxidation sites excluding steroid dienone is 11. The Bertz CT molecular complexity index is 1200. The van der Waals surface area contributed by atoms with Gasteiger partial charge in [0.2, 0.25) is 0 Å². The minimum Gasteiger partial charge on any atom is -0.462 e. The van der Waals surface area contributed by atoms with Crippen LogP contribution in [0, 0.1) is 0 Å². The van der Waals surface area contributed by atoms with Crippen LogP contribution in [0.25, 0.3) is 0 Å². The van der Waals surface area contributed by atoms with Crippen LogP contribution in [0.4, 0.5) is 0 Å². The van der Waals surface area contributed by atoms with E-state index in [1.165, 1.54) is 38.5 Å². The molecule has 3 unspecified atom stereocenters. The van der Waals surface area contributed by atoms with Crippen LogP contribution in [0.5, 0.6) is 0 Å². The van der Waals surface area contributed by atoms with Crippen LogP contribution in [-0.2, 0) is 32.7 Å². The lowest BCUT2D eigenvalue weighted by Gasteiger charge is -2.20. The van der Waals surface area contributed by atoms with Crippen LogP contribution >= 0.6 is 7.82 Å². The number of ether oxygens (including phenoxy) is 2. The third-order valence-electron chi connectivity index (χ3n) is 8.77. The van der Waals surface area contributed by atoms with Crippen LogP contribution in [0.15, 0.2) is 72.9 Å². The molecule has 0 amide bonds. The molecule has 0 aliphatic heterocycles. The van der Waals surface area contributed by atoms with Crippen LogP contribution < -0.4 is 5.73 Å². The van der Waals surface area contributed by atoms with Crippen molar-refractivity contribution in [1.29, 1.82) is 0 Å². The summed E-state index contributed by atoms with van der Waals surface area (Å²) in [4.78, 5) is 34.9. The molecule has 0 fully saturated rings. The van der Waals surface area contributed by atoms with Crippen LogP contribution in [-0.4, -0.2) is 71.7 Å². The molecular formula is C45H78NO10P. The van der Waals surface area contributed by atoms with Gasteiger partial charge in [0, 0.05) is 19.4 Å². The Labute approximate surface area is 345 Å². The predicted molar refractivity (Wildman–Crippen MR) is 231 cm³/mol. The second-order valence-electron chi connectivity index (χ2n) is 14.2. The predicted octanol–water partition coefficient (Wildman–Crippen LogP) is 10.2. The Balaban J connectivity index is 4.46. The molecule has 4 atom stereocenters. The molecule has 0 heterocycles. The molecule has 0 aliphatic rings. The van der Waals surface area contributed by atoms with Crippen molar-refractivity contribution in [2.45, 2.75) is 173 Å². The zero-order valence-electron chi connectivity index (χ0n) is 35.3. The van der Waals surface area contributed by atoms with Gasteiger partial charge in [-0.2, -0.15) is 0 Å². The van der Waals surface area contributed by atoms with Gasteiger partial charge in [0.25, 0.3) is 0 Å². The van der Waals surface area contributed by atoms with Crippen molar-refractivity contribution >= 4 is 19.8 Å². The average Bonchev–Trinajstić information content (AvgIpc) is 3.19. The summed E-state index contributed by atoms with van der Waals surface area (Å²) in [5.74, 6) is -1.15. The van der Waals surface area contributed by atoms with Gasteiger partial charge in [-0.25, -0.2) is 4.57 Å². The summed E-state index contributed by atoms with van der Waals surface area (Å²) in [5, 5.41) is 20.6. The topological polar surface area (TPSA) is 175 Å². The van der Waals surface area contributed by atoms with Gasteiger partial charge in [-0.15, -0.1) is 0 Å². The number of carbonyl (C=O) groups excluding carboxylic acids is 2. The fourth-order valence-electron chi connectivity index (χ4n) is 5.39. The summed E-state index contributed by atoms with van der Waals surface area (Å²) in [6, 6.07) is 0. The smallest absolute Gasteiger partial charge is 0.462 e. The van der Waals surface area contributed by atoms with E-state index in [2.05, 4.69) is 74.6 Å². The number of unbranched alkanes of at least 4 members (excludes halogenated alkanes) is 10. The first-order valence-corrected chi connectivity index (χ1v) is 23.1. The molecule has 0 saturated heterocycles. The van der Waals surface area contributed by atoms with Gasteiger partial charge in [-0.1, -0.05) is 125 Å². The zero-order valence-corrected chi connectivity index (χ0v) is 36.2. The van der Waals surface area contributed by atoms with Crippen molar-refractivity contribution in [1.82, 2.24) is 0 Å². The minimum absolute atomic E-state index is 0.00648. The Kier molecular flexibility index (Phi) is 38.3. The van der Waals surface area contributed by atoms with Crippen LogP contribution in [0.1, 0.15) is 155 Å². The molecule has 0 radical (unpaired) electrons. The highest BCUT2D eigenvalue weighted by Gasteiger charge is 2.26. The van der Waals surface area contributed by atoms with Crippen molar-refractivity contribution in [3.05, 3.63) is 72.9 Å². The first kappa shape index (κ1) is 54.4. The van der Waals surface area contributed by atoms with E-state index in [4.69, 9.17) is 24.3 Å². The molecule has 5 N–H and O–H groups in total. The van der Waals surface area contributed by atoms with Gasteiger partial charge in [-0.05, 0) is 89.9 Å². The van der Waals surface area contributed by atoms with E-state index < -0.39 is 51.3 Å². The summed E-state index contributed by atoms with van der Waals surface area (Å²) in [7, 11) is -4.46. The first-order valence-electron chi connectivity index (χ1n) is 21.6. The highest BCUT2D eigenvalue weighted by Crippen LogP contribution is 2.43. The van der Waals surface area contributed by atoms with E-state index in [-0.39, 0.29) is 38.8 Å². The summed E-state index contributed by atoms with van der Waals surface area (Å²) in [6.45, 7) is 3.29. The number of aliphatic hydroxyl groups excluding tert-OH is 2. The Morgan fingerprint density at radius 3 is 1.63 bits per heavy atom. The molecular weight excluding hydrogens is 745 g/mol. The summed E-state index contributed by atoms with van der Waals surface area (Å²) in [5.41, 5.74) is 5.33. The van der Waals surface area contributed by atoms with Gasteiger partial charge in [0.15, 0.2) is 6.10 Å². The summed E-state index contributed by atoms with van der Waals surface area (Å²) >= 11 is 0. The monoisotopic (exact) mass is 824 g/mol. The molecule has 11 nitrogen and oxygen atoms in total. The molecule has 0 aromatic rings. The SMILES string of the molecule is CCCCC/C=C\C/C=C\C/C=C\CCCCCCC(=O)O[C@H](COC(=O)CCCC(O)C(O)C/C=C\C/C=C\C/C=C\CCCCC)COP(=O)(O)OCCN. The molecule has 0 bridgehead atoms. The van der Waals surface area contributed by atoms with Crippen molar-refractivity contribution in [3.8, 4) is 0 Å². The quantitative estimate of drug-likeness (QED) is 0.0201. The van der Waals surface area contributed by atoms with E-state index in [1.807, 2.05) is 12.2 Å². The van der Waals surface area contributed by atoms with Crippen molar-refractivity contribution in [2.75, 3.05) is 26.4 Å². The Hall–Kier alpha value is -2.63. The third-order valence-corrected chi connectivity index (χ3v) is 9.75. The zero-order chi connectivity index (χ0) is 42.1. The molecule has 0 saturated carbocycles. The van der Waals surface area contributed by atoms with Crippen LogP contribution in [0.3, 0.4) is 0 Å². The number of phosphoric acid groups is 1. The molecule has 0 spiro atoms. The normalized spacial score (nSPS) is 15.1. The lowest BCUT2D eigenvalue weighted by molar-refractivity contribution is -0.161. The number of hydrogen-bond acceptors (Lipinski definition) is 10. The Morgan fingerprint density at radius 1 is 0.596 bits per heavy atom. The molecule has 328 valence electrons. The molecule has 0 aromatic heterocycles. The fraction of sp³-hybridized carbons (Fsp3) is 0.689. The molecule has 57 heavy (non-hydrogen) atoms. The number of aliphatic hydroxyl groups is 2. The number of carbonyl (C=O) groups is 2. The van der Waals surface area contributed by atoms with E-state index >= 15 is 0 Å². The third kappa shape index (κ3) is 38.6. The molecule has 0 aliphatic carbocycles. The van der Waals surface area contributed by atoms with E-state index in [9.17, 15) is 29.3 Å². The summed E-state index contributed by atoms with van der Waals surface area (Å²) < 4.78 is 32.5. The number of phosphoric ester groups is 1. The van der Waals surface area contributed by atoms with Gasteiger partial charge < -0.3 is 30.3 Å². The second kappa shape index (κ2) is 40.2. The maximum Gasteiger partial charge on any atom is 0.472 e. The van der Waals surface area contributed by atoms with E-state index in [0.717, 1.165) is 64.2 Å². The summed E-state index contributed by atoms with van der Waals surface area (Å²) in [6.07, 6.45) is 41.0. The second-order valence-corrected chi connectivity index (χ2v) is 15.6. The molecule has 0 aromatic carbocycles. The largest absolute Gasteiger partial charge is 0.472 e. The fourth-order valence-corrected chi connectivity index (χ4v) is 6.15. The van der Waals surface area contributed by atoms with E-state index in [1.54, 1.807) is 0 Å². The number of hydrogen-bond donors (Lipinski definition) is 4. The van der Waals surface area contributed by atoms with Crippen molar-refractivity contribution in [2.24, 2.45) is 5.73 Å². The van der Waals surface area contributed by atoms with Crippen LogP contribution in [0.2, 0.25) is 0 Å². The van der Waals surface area contributed by atoms with E-state index in [0.29, 0.717) is 12.8 Å². The average molecular weight is 824 g/mol. The number of rotatable bonds is 39. The standard InChI is InChI=1S/C45H78NO10P/c1-3-5-7-9-11-13-15-17-18-19-20-21-23-25-27-29-31-35-45(50)56-41(40-55-57(51,52)54-38-37-46)39-53-44(49)36-32-34-43(48)42(47)33-30-28-26-24-22-16-14-12-10-8-6-4-2/h11-14,17-18,20-22,24,28,30,41-43,47-48H,3-10,15-16,19,23,25-27,29,31-40,46H2,1-2H3,(H,51,52)/b13-11-,14-12-,18-17-,21-20-,24-22-,30-28-/t41-,42?,43?/m1/s1. The van der Waals surface area contributed by atoms with Gasteiger partial charge in [0.1, 0.15) is 6.61 Å². The van der Waals surface area contributed by atoms with Gasteiger partial charge >= 0.3 is 19.8 Å². The highest BCUT2D eigenvalue weighted by molar-refractivity contribution is 7.47. The highest BCUT2D eigenvalue weighted by atomic mass is 31.2. The maximum absolute atomic E-state index is 12.6. The molecule has 12 heteroatoms. The minimum atomic E-state index is -4.46. The Morgan fingerprint density at radius 2 is 1.09 bits per heavy atom. The lowest BCUT2D eigenvalue weighted by atomic mass is 10.0. The lowest BCUT2D eigenvalue weighted by Crippen LogP contribution is -2.30. The van der Waals surface area contributed by atoms with Gasteiger partial charge in [-0.3, -0.25) is 18.6 Å². The number of esters is 2. The van der Waals surface area contributed by atoms with Gasteiger partial charge in [0.05, 0.1) is 25.4 Å². The number of nitrogens with two attached hydrogens (primary N) is 1. The first-order chi connectivity index (χ1) is 27.6. The molecule has 0 rings (SSSR count). The van der Waals surface area contributed by atoms with Crippen molar-refractivity contribution < 1.29 is 47.8 Å². The maximum atomic E-state index is 12.6.